The van der Waals surface area contributed by atoms with Crippen molar-refractivity contribution in [2.24, 2.45) is 0 Å². The number of piperidine rings is 2. The van der Waals surface area contributed by atoms with E-state index < -0.39 is 23.8 Å². The van der Waals surface area contributed by atoms with Crippen molar-refractivity contribution in [2.45, 2.75) is 57.3 Å². The van der Waals surface area contributed by atoms with Gasteiger partial charge in [0.25, 0.3) is 11.8 Å². The summed E-state index contributed by atoms with van der Waals surface area (Å²) in [6.45, 7) is 4.58. The third-order valence-corrected chi connectivity index (χ3v) is 6.05. The molecule has 9 nitrogen and oxygen atoms in total. The second-order valence-electron chi connectivity index (χ2n) is 8.29. The Balaban J connectivity index is 1.40. The van der Waals surface area contributed by atoms with Crippen molar-refractivity contribution in [3.05, 3.63) is 29.3 Å². The highest BCUT2D eigenvalue weighted by Gasteiger charge is 2.45. The van der Waals surface area contributed by atoms with E-state index in [9.17, 15) is 19.2 Å². The lowest BCUT2D eigenvalue weighted by Gasteiger charge is -2.28. The summed E-state index contributed by atoms with van der Waals surface area (Å²) in [5.41, 5.74) is 1.13. The van der Waals surface area contributed by atoms with Gasteiger partial charge in [-0.1, -0.05) is 6.07 Å². The Morgan fingerprint density at radius 2 is 1.90 bits per heavy atom. The normalized spacial score (nSPS) is 23.0. The number of carbonyl (C=O) groups is 4. The number of fused-ring (bicyclic) bond motifs is 1. The first kappa shape index (κ1) is 21.5. The van der Waals surface area contributed by atoms with Crippen LogP contribution >= 0.6 is 0 Å². The monoisotopic (exact) mass is 428 g/mol. The van der Waals surface area contributed by atoms with Crippen LogP contribution in [0.4, 0.5) is 5.69 Å². The Kier molecular flexibility index (Phi) is 6.33. The van der Waals surface area contributed by atoms with Crippen molar-refractivity contribution in [1.29, 1.82) is 0 Å². The standard InChI is InChI=1S/C22H28N4O5/c1-13(31-14-8-10-23-11-9-14)7-12-24-16-4-2-3-15-19(16)22(30)26(21(15)29)17-5-6-18(27)25-20(17)28/h2-4,13-14,17,23-24H,5-12H2,1H3,(H,25,27,28)/t13-,17?/m1/s1. The molecule has 3 aliphatic heterocycles. The molecule has 1 aromatic carbocycles. The van der Waals surface area contributed by atoms with E-state index in [1.54, 1.807) is 18.2 Å². The molecule has 31 heavy (non-hydrogen) atoms. The van der Waals surface area contributed by atoms with Gasteiger partial charge in [0.05, 0.1) is 23.3 Å². The molecule has 0 aromatic heterocycles. The predicted octanol–water partition coefficient (Wildman–Crippen LogP) is 1.05. The zero-order valence-electron chi connectivity index (χ0n) is 17.6. The fourth-order valence-electron chi connectivity index (χ4n) is 4.40. The molecular weight excluding hydrogens is 400 g/mol. The van der Waals surface area contributed by atoms with E-state index in [-0.39, 0.29) is 42.1 Å². The first-order valence-corrected chi connectivity index (χ1v) is 10.9. The number of anilines is 1. The Morgan fingerprint density at radius 1 is 1.13 bits per heavy atom. The number of hydrogen-bond acceptors (Lipinski definition) is 7. The van der Waals surface area contributed by atoms with Gasteiger partial charge < -0.3 is 15.4 Å². The van der Waals surface area contributed by atoms with E-state index in [1.165, 1.54) is 0 Å². The molecule has 166 valence electrons. The summed E-state index contributed by atoms with van der Waals surface area (Å²) in [7, 11) is 0. The minimum Gasteiger partial charge on any atom is -0.384 e. The molecule has 0 radical (unpaired) electrons. The van der Waals surface area contributed by atoms with Crippen LogP contribution in [0.1, 0.15) is 59.7 Å². The molecule has 1 aromatic rings. The average Bonchev–Trinajstić information content (AvgIpc) is 3.00. The van der Waals surface area contributed by atoms with E-state index >= 15 is 0 Å². The van der Waals surface area contributed by atoms with Crippen LogP contribution in [0.25, 0.3) is 0 Å². The summed E-state index contributed by atoms with van der Waals surface area (Å²) in [6.07, 6.45) is 3.37. The van der Waals surface area contributed by atoms with Crippen molar-refractivity contribution < 1.29 is 23.9 Å². The maximum atomic E-state index is 13.1. The second-order valence-corrected chi connectivity index (χ2v) is 8.29. The fourth-order valence-corrected chi connectivity index (χ4v) is 4.40. The van der Waals surface area contributed by atoms with Crippen LogP contribution in [0.3, 0.4) is 0 Å². The molecule has 0 saturated carbocycles. The van der Waals surface area contributed by atoms with Crippen molar-refractivity contribution in [2.75, 3.05) is 25.0 Å². The Bertz CT molecular complexity index is 896. The number of ether oxygens (including phenoxy) is 1. The molecule has 3 N–H and O–H groups in total. The van der Waals surface area contributed by atoms with Crippen LogP contribution in [0.5, 0.6) is 0 Å². The van der Waals surface area contributed by atoms with Crippen molar-refractivity contribution in [1.82, 2.24) is 15.5 Å². The molecule has 9 heteroatoms. The summed E-state index contributed by atoms with van der Waals surface area (Å²) in [4.78, 5) is 50.6. The molecule has 4 rings (SSSR count). The predicted molar refractivity (Wildman–Crippen MR) is 113 cm³/mol. The van der Waals surface area contributed by atoms with E-state index in [4.69, 9.17) is 4.74 Å². The lowest BCUT2D eigenvalue weighted by molar-refractivity contribution is -0.136. The molecule has 2 atom stereocenters. The van der Waals surface area contributed by atoms with E-state index in [1.807, 2.05) is 6.92 Å². The minimum absolute atomic E-state index is 0.0738. The Morgan fingerprint density at radius 3 is 2.65 bits per heavy atom. The molecule has 0 aliphatic carbocycles. The van der Waals surface area contributed by atoms with Gasteiger partial charge in [-0.3, -0.25) is 29.4 Å². The molecular formula is C22H28N4O5. The molecule has 2 saturated heterocycles. The van der Waals surface area contributed by atoms with Crippen LogP contribution in [0, 0.1) is 0 Å². The van der Waals surface area contributed by atoms with Crippen molar-refractivity contribution >= 4 is 29.3 Å². The lowest BCUT2D eigenvalue weighted by Crippen LogP contribution is -2.54. The molecule has 1 unspecified atom stereocenters. The van der Waals surface area contributed by atoms with Gasteiger partial charge in [0.1, 0.15) is 6.04 Å². The number of amides is 4. The maximum Gasteiger partial charge on any atom is 0.264 e. The number of hydrogen-bond donors (Lipinski definition) is 3. The number of carbonyl (C=O) groups excluding carboxylic acids is 4. The summed E-state index contributed by atoms with van der Waals surface area (Å²) < 4.78 is 6.10. The third kappa shape index (κ3) is 4.47. The molecule has 2 fully saturated rings. The van der Waals surface area contributed by atoms with Crippen molar-refractivity contribution in [3.8, 4) is 0 Å². The van der Waals surface area contributed by atoms with Gasteiger partial charge in [0, 0.05) is 18.7 Å². The smallest absolute Gasteiger partial charge is 0.264 e. The molecule has 0 spiro atoms. The summed E-state index contributed by atoms with van der Waals surface area (Å²) in [6, 6.07) is 4.11. The summed E-state index contributed by atoms with van der Waals surface area (Å²) in [5, 5.41) is 8.79. The topological polar surface area (TPSA) is 117 Å². The van der Waals surface area contributed by atoms with Gasteiger partial charge in [-0.05, 0) is 57.8 Å². The van der Waals surface area contributed by atoms with Gasteiger partial charge >= 0.3 is 0 Å². The highest BCUT2D eigenvalue weighted by molar-refractivity contribution is 6.25. The highest BCUT2D eigenvalue weighted by Crippen LogP contribution is 2.32. The van der Waals surface area contributed by atoms with Gasteiger partial charge in [0.2, 0.25) is 11.8 Å². The zero-order valence-corrected chi connectivity index (χ0v) is 17.6. The zero-order chi connectivity index (χ0) is 22.0. The van der Waals surface area contributed by atoms with Gasteiger partial charge in [-0.25, -0.2) is 0 Å². The molecule has 3 aliphatic rings. The van der Waals surface area contributed by atoms with Crippen LogP contribution in [0.2, 0.25) is 0 Å². The maximum absolute atomic E-state index is 13.1. The van der Waals surface area contributed by atoms with Crippen molar-refractivity contribution in [3.63, 3.8) is 0 Å². The molecule has 3 heterocycles. The Labute approximate surface area is 180 Å². The SMILES string of the molecule is C[C@H](CCNc1cccc2c1C(=O)N(C1CCC(=O)NC1=O)C2=O)OC1CCNCC1. The minimum atomic E-state index is -0.962. The third-order valence-electron chi connectivity index (χ3n) is 6.05. The first-order valence-electron chi connectivity index (χ1n) is 10.9. The second kappa shape index (κ2) is 9.15. The fraction of sp³-hybridized carbons (Fsp3) is 0.545. The average molecular weight is 428 g/mol. The Hall–Kier alpha value is -2.78. The quantitative estimate of drug-likeness (QED) is 0.556. The number of rotatable bonds is 7. The number of nitrogens with one attached hydrogen (secondary N) is 3. The number of imide groups is 2. The van der Waals surface area contributed by atoms with E-state index in [0.29, 0.717) is 12.2 Å². The van der Waals surface area contributed by atoms with Crippen LogP contribution in [0.15, 0.2) is 18.2 Å². The van der Waals surface area contributed by atoms with Crippen LogP contribution in [-0.2, 0) is 14.3 Å². The number of benzene rings is 1. The summed E-state index contributed by atoms with van der Waals surface area (Å²) >= 11 is 0. The number of nitrogens with zero attached hydrogens (tertiary/aromatic N) is 1. The van der Waals surface area contributed by atoms with Gasteiger partial charge in [-0.15, -0.1) is 0 Å². The van der Waals surface area contributed by atoms with Crippen LogP contribution < -0.4 is 16.0 Å². The van der Waals surface area contributed by atoms with Gasteiger partial charge in [0.15, 0.2) is 0 Å². The van der Waals surface area contributed by atoms with E-state index in [0.717, 1.165) is 37.3 Å². The first-order chi connectivity index (χ1) is 15.0. The van der Waals surface area contributed by atoms with Crippen LogP contribution in [-0.4, -0.2) is 66.4 Å². The lowest BCUT2D eigenvalue weighted by atomic mass is 10.0. The van der Waals surface area contributed by atoms with Gasteiger partial charge in [-0.2, -0.15) is 0 Å². The molecule has 0 bridgehead atoms. The summed E-state index contributed by atoms with van der Waals surface area (Å²) in [5.74, 6) is -2.00. The van der Waals surface area contributed by atoms with E-state index in [2.05, 4.69) is 16.0 Å². The molecule has 4 amide bonds. The largest absolute Gasteiger partial charge is 0.384 e. The highest BCUT2D eigenvalue weighted by atomic mass is 16.5.